The van der Waals surface area contributed by atoms with Crippen LogP contribution in [0.3, 0.4) is 0 Å². The van der Waals surface area contributed by atoms with Gasteiger partial charge in [0, 0.05) is 12.2 Å². The molecule has 32 heavy (non-hydrogen) atoms. The van der Waals surface area contributed by atoms with Crippen molar-refractivity contribution in [3.05, 3.63) is 71.8 Å². The molecular weight excluding hydrogens is 408 g/mol. The quantitative estimate of drug-likeness (QED) is 0.556. The first-order valence-electron chi connectivity index (χ1n) is 10.6. The normalized spacial score (nSPS) is 19.3. The standard InChI is InChI=1S/C26H28O6/c1-31-19-11-7-17(8-12-19)23(15-25(27)28)21-5-3-4-6-22(21)24(16-26(29)30)18-9-13-20(32-2)14-10-18/h7-16,21-22H,3-6H2,1-2H3,(H,27,28)(H,29,30)/b23-15-,24-16?/t21-,22-/m0/s1. The molecule has 2 atom stereocenters. The van der Waals surface area contributed by atoms with E-state index in [-0.39, 0.29) is 11.8 Å². The van der Waals surface area contributed by atoms with Crippen molar-refractivity contribution in [1.29, 1.82) is 0 Å². The second-order valence-electron chi connectivity index (χ2n) is 7.83. The molecule has 0 unspecified atom stereocenters. The molecule has 1 aliphatic rings. The smallest absolute Gasteiger partial charge is 0.328 e. The Morgan fingerprint density at radius 3 is 1.34 bits per heavy atom. The SMILES string of the molecule is COc1ccc(C(=CC(=O)O)[C@H]2CCCC[C@@H]2/C(=C\C(=O)O)c2ccc(OC)cc2)cc1. The molecule has 0 aromatic heterocycles. The summed E-state index contributed by atoms with van der Waals surface area (Å²) in [5, 5.41) is 19.2. The summed E-state index contributed by atoms with van der Waals surface area (Å²) in [6.07, 6.45) is 5.99. The largest absolute Gasteiger partial charge is 0.497 e. The first kappa shape index (κ1) is 23.1. The second-order valence-corrected chi connectivity index (χ2v) is 7.83. The van der Waals surface area contributed by atoms with E-state index in [0.29, 0.717) is 22.6 Å². The van der Waals surface area contributed by atoms with Gasteiger partial charge in [0.25, 0.3) is 0 Å². The Kier molecular flexibility index (Phi) is 7.71. The third-order valence-corrected chi connectivity index (χ3v) is 5.97. The van der Waals surface area contributed by atoms with Crippen LogP contribution in [0.25, 0.3) is 11.1 Å². The Labute approximate surface area is 187 Å². The van der Waals surface area contributed by atoms with Gasteiger partial charge in [0.05, 0.1) is 14.2 Å². The van der Waals surface area contributed by atoms with Crippen LogP contribution >= 0.6 is 0 Å². The summed E-state index contributed by atoms with van der Waals surface area (Å²) in [6.45, 7) is 0. The second kappa shape index (κ2) is 10.7. The highest BCUT2D eigenvalue weighted by molar-refractivity contribution is 5.93. The van der Waals surface area contributed by atoms with Crippen LogP contribution in [0.4, 0.5) is 0 Å². The Bertz CT molecular complexity index is 918. The van der Waals surface area contributed by atoms with Gasteiger partial charge in [0.2, 0.25) is 0 Å². The van der Waals surface area contributed by atoms with Crippen molar-refractivity contribution in [1.82, 2.24) is 0 Å². The number of aliphatic carboxylic acids is 2. The van der Waals surface area contributed by atoms with Crippen molar-refractivity contribution in [2.45, 2.75) is 25.7 Å². The van der Waals surface area contributed by atoms with Crippen LogP contribution in [-0.2, 0) is 9.59 Å². The van der Waals surface area contributed by atoms with Gasteiger partial charge in [-0.2, -0.15) is 0 Å². The summed E-state index contributed by atoms with van der Waals surface area (Å²) in [5.74, 6) is -0.912. The molecule has 2 N–H and O–H groups in total. The average Bonchev–Trinajstić information content (AvgIpc) is 2.81. The van der Waals surface area contributed by atoms with Gasteiger partial charge in [-0.3, -0.25) is 0 Å². The third kappa shape index (κ3) is 5.58. The van der Waals surface area contributed by atoms with E-state index in [4.69, 9.17) is 9.47 Å². The minimum Gasteiger partial charge on any atom is -0.497 e. The first-order valence-corrected chi connectivity index (χ1v) is 10.6. The van der Waals surface area contributed by atoms with Crippen LogP contribution in [-0.4, -0.2) is 36.4 Å². The van der Waals surface area contributed by atoms with Crippen LogP contribution in [0.1, 0.15) is 36.8 Å². The first-order chi connectivity index (χ1) is 15.4. The van der Waals surface area contributed by atoms with E-state index in [1.165, 1.54) is 12.2 Å². The maximum atomic E-state index is 11.7. The molecule has 6 heteroatoms. The zero-order valence-electron chi connectivity index (χ0n) is 18.3. The van der Waals surface area contributed by atoms with Crippen molar-refractivity contribution in [2.24, 2.45) is 11.8 Å². The third-order valence-electron chi connectivity index (χ3n) is 5.97. The van der Waals surface area contributed by atoms with Crippen molar-refractivity contribution in [3.63, 3.8) is 0 Å². The number of ether oxygens (including phenoxy) is 2. The van der Waals surface area contributed by atoms with Gasteiger partial charge in [-0.05, 0) is 71.2 Å². The van der Waals surface area contributed by atoms with Crippen molar-refractivity contribution in [3.8, 4) is 11.5 Å². The van der Waals surface area contributed by atoms with Crippen LogP contribution < -0.4 is 9.47 Å². The lowest BCUT2D eigenvalue weighted by molar-refractivity contribution is -0.132. The minimum atomic E-state index is -1.02. The Hall–Kier alpha value is -3.54. The summed E-state index contributed by atoms with van der Waals surface area (Å²) >= 11 is 0. The van der Waals surface area contributed by atoms with Gasteiger partial charge in [-0.15, -0.1) is 0 Å². The van der Waals surface area contributed by atoms with E-state index in [1.54, 1.807) is 38.5 Å². The fourth-order valence-electron chi connectivity index (χ4n) is 4.52. The molecule has 1 fully saturated rings. The molecule has 0 amide bonds. The number of hydrogen-bond acceptors (Lipinski definition) is 4. The molecule has 0 bridgehead atoms. The number of rotatable bonds is 8. The van der Waals surface area contributed by atoms with Gasteiger partial charge in [-0.25, -0.2) is 9.59 Å². The molecule has 1 saturated carbocycles. The summed E-state index contributed by atoms with van der Waals surface area (Å²) in [7, 11) is 3.16. The summed E-state index contributed by atoms with van der Waals surface area (Å²) in [4.78, 5) is 23.4. The van der Waals surface area contributed by atoms with Gasteiger partial charge >= 0.3 is 11.9 Å². The number of allylic oxidation sites excluding steroid dienone is 2. The number of carboxylic acids is 2. The molecule has 0 radical (unpaired) electrons. The fourth-order valence-corrected chi connectivity index (χ4v) is 4.52. The van der Waals surface area contributed by atoms with E-state index in [0.717, 1.165) is 36.8 Å². The molecule has 1 aliphatic carbocycles. The van der Waals surface area contributed by atoms with Crippen LogP contribution in [0.2, 0.25) is 0 Å². The molecule has 168 valence electrons. The number of benzene rings is 2. The van der Waals surface area contributed by atoms with E-state index in [1.807, 2.05) is 24.3 Å². The van der Waals surface area contributed by atoms with Crippen LogP contribution in [0.15, 0.2) is 60.7 Å². The highest BCUT2D eigenvalue weighted by Gasteiger charge is 2.33. The molecule has 2 aromatic carbocycles. The highest BCUT2D eigenvalue weighted by atomic mass is 16.5. The summed E-state index contributed by atoms with van der Waals surface area (Å²) < 4.78 is 10.5. The van der Waals surface area contributed by atoms with Crippen LogP contribution in [0, 0.1) is 11.8 Å². The van der Waals surface area contributed by atoms with Crippen molar-refractivity contribution >= 4 is 23.1 Å². The zero-order chi connectivity index (χ0) is 23.1. The van der Waals surface area contributed by atoms with Gasteiger partial charge in [0.1, 0.15) is 11.5 Å². The zero-order valence-corrected chi connectivity index (χ0v) is 18.3. The van der Waals surface area contributed by atoms with Gasteiger partial charge < -0.3 is 19.7 Å². The molecule has 2 aromatic rings. The molecular formula is C26H28O6. The predicted octanol–water partition coefficient (Wildman–Crippen LogP) is 5.15. The van der Waals surface area contributed by atoms with Crippen molar-refractivity contribution < 1.29 is 29.3 Å². The molecule has 0 heterocycles. The Balaban J connectivity index is 2.08. The highest BCUT2D eigenvalue weighted by Crippen LogP contribution is 2.46. The summed E-state index contributed by atoms with van der Waals surface area (Å²) in [6, 6.07) is 14.6. The maximum Gasteiger partial charge on any atom is 0.328 e. The van der Waals surface area contributed by atoms with Crippen LogP contribution in [0.5, 0.6) is 11.5 Å². The maximum absolute atomic E-state index is 11.7. The minimum absolute atomic E-state index is 0.124. The van der Waals surface area contributed by atoms with E-state index >= 15 is 0 Å². The van der Waals surface area contributed by atoms with Gasteiger partial charge in [0.15, 0.2) is 0 Å². The Morgan fingerprint density at radius 1 is 0.719 bits per heavy atom. The fraction of sp³-hybridized carbons (Fsp3) is 0.308. The molecule has 0 aliphatic heterocycles. The topological polar surface area (TPSA) is 93.1 Å². The molecule has 0 spiro atoms. The lowest BCUT2D eigenvalue weighted by Gasteiger charge is -2.35. The lowest BCUT2D eigenvalue weighted by atomic mass is 9.69. The van der Waals surface area contributed by atoms with E-state index in [9.17, 15) is 19.8 Å². The molecule has 3 rings (SSSR count). The number of carboxylic acid groups (broad SMARTS) is 2. The van der Waals surface area contributed by atoms with Crippen molar-refractivity contribution in [2.75, 3.05) is 14.2 Å². The summed E-state index contributed by atoms with van der Waals surface area (Å²) in [5.41, 5.74) is 3.01. The number of carbonyl (C=O) groups is 2. The number of hydrogen-bond donors (Lipinski definition) is 2. The lowest BCUT2D eigenvalue weighted by Crippen LogP contribution is -2.23. The average molecular weight is 437 g/mol. The number of methoxy groups -OCH3 is 2. The monoisotopic (exact) mass is 436 g/mol. The van der Waals surface area contributed by atoms with Gasteiger partial charge in [-0.1, -0.05) is 37.1 Å². The Morgan fingerprint density at radius 2 is 1.06 bits per heavy atom. The predicted molar refractivity (Wildman–Crippen MR) is 123 cm³/mol. The van der Waals surface area contributed by atoms with E-state index in [2.05, 4.69) is 0 Å². The molecule has 0 saturated heterocycles. The van der Waals surface area contributed by atoms with E-state index < -0.39 is 11.9 Å². The molecule has 6 nitrogen and oxygen atoms in total.